The number of rotatable bonds is 2. The molecule has 0 saturated carbocycles. The zero-order valence-electron chi connectivity index (χ0n) is 9.51. The maximum absolute atomic E-state index is 13.8. The normalized spacial score (nSPS) is 10.4. The van der Waals surface area contributed by atoms with Gasteiger partial charge in [-0.05, 0) is 31.2 Å². The molecule has 0 aliphatic heterocycles. The van der Waals surface area contributed by atoms with E-state index in [2.05, 4.69) is 0 Å². The van der Waals surface area contributed by atoms with E-state index < -0.39 is 11.6 Å². The fourth-order valence-electron chi connectivity index (χ4n) is 1.66. The maximum atomic E-state index is 13.8. The molecule has 2 rings (SSSR count). The van der Waals surface area contributed by atoms with E-state index in [1.165, 1.54) is 31.2 Å². The largest absolute Gasteiger partial charge is 0.295 e. The van der Waals surface area contributed by atoms with Crippen molar-refractivity contribution in [2.75, 3.05) is 0 Å². The lowest BCUT2D eigenvalue weighted by atomic mass is 10.0. The average Bonchev–Trinajstić information content (AvgIpc) is 2.30. The Bertz CT molecular complexity index is 623. The van der Waals surface area contributed by atoms with Gasteiger partial charge in [-0.1, -0.05) is 23.7 Å². The lowest BCUT2D eigenvalue weighted by molar-refractivity contribution is 0.101. The minimum absolute atomic E-state index is 0.106. The van der Waals surface area contributed by atoms with Crippen LogP contribution in [0, 0.1) is 11.6 Å². The average molecular weight is 267 g/mol. The van der Waals surface area contributed by atoms with Crippen molar-refractivity contribution >= 4 is 17.4 Å². The van der Waals surface area contributed by atoms with Crippen LogP contribution in [-0.2, 0) is 0 Å². The Morgan fingerprint density at radius 1 is 1.00 bits per heavy atom. The molecule has 0 aliphatic rings. The molecule has 2 aromatic carbocycles. The Morgan fingerprint density at radius 2 is 1.56 bits per heavy atom. The van der Waals surface area contributed by atoms with E-state index in [4.69, 9.17) is 11.6 Å². The minimum Gasteiger partial charge on any atom is -0.295 e. The summed E-state index contributed by atoms with van der Waals surface area (Å²) in [4.78, 5) is 11.1. The second-order valence-corrected chi connectivity index (χ2v) is 4.31. The molecule has 2 aromatic rings. The van der Waals surface area contributed by atoms with Gasteiger partial charge < -0.3 is 0 Å². The molecule has 0 fully saturated rings. The highest BCUT2D eigenvalue weighted by molar-refractivity contribution is 6.30. The van der Waals surface area contributed by atoms with Crippen LogP contribution < -0.4 is 0 Å². The van der Waals surface area contributed by atoms with Crippen molar-refractivity contribution in [1.29, 1.82) is 0 Å². The molecule has 92 valence electrons. The van der Waals surface area contributed by atoms with E-state index in [0.29, 0.717) is 0 Å². The molecule has 0 heterocycles. The van der Waals surface area contributed by atoms with E-state index in [9.17, 15) is 13.6 Å². The van der Waals surface area contributed by atoms with Gasteiger partial charge in [0.25, 0.3) is 0 Å². The smallest absolute Gasteiger partial charge is 0.159 e. The first-order chi connectivity index (χ1) is 8.49. The molecule has 4 heteroatoms. The Labute approximate surface area is 108 Å². The summed E-state index contributed by atoms with van der Waals surface area (Å²) >= 11 is 5.63. The number of Topliss-reactive ketones (excluding diaryl/α,β-unsaturated/α-hetero) is 1. The van der Waals surface area contributed by atoms with Gasteiger partial charge in [0.1, 0.15) is 11.6 Å². The maximum Gasteiger partial charge on any atom is 0.159 e. The standard InChI is InChI=1S/C14H9ClF2O/c1-8(18)9-2-4-11(13(16)6-9)12-5-3-10(15)7-14(12)17/h2-7H,1H3. The van der Waals surface area contributed by atoms with Crippen molar-refractivity contribution in [3.8, 4) is 11.1 Å². The molecular formula is C14H9ClF2O. The monoisotopic (exact) mass is 266 g/mol. The molecule has 0 unspecified atom stereocenters. The second-order valence-electron chi connectivity index (χ2n) is 3.87. The van der Waals surface area contributed by atoms with Crippen molar-refractivity contribution in [3.63, 3.8) is 0 Å². The number of carbonyl (C=O) groups excluding carboxylic acids is 1. The van der Waals surface area contributed by atoms with Crippen LogP contribution in [0.3, 0.4) is 0 Å². The molecule has 0 amide bonds. The van der Waals surface area contributed by atoms with Crippen molar-refractivity contribution in [2.45, 2.75) is 6.92 Å². The summed E-state index contributed by atoms with van der Waals surface area (Å²) in [5.41, 5.74) is 0.479. The third kappa shape index (κ3) is 2.41. The first-order valence-corrected chi connectivity index (χ1v) is 5.63. The van der Waals surface area contributed by atoms with Gasteiger partial charge in [-0.25, -0.2) is 8.78 Å². The summed E-state index contributed by atoms with van der Waals surface area (Å²) in [7, 11) is 0. The van der Waals surface area contributed by atoms with E-state index in [0.717, 1.165) is 12.1 Å². The van der Waals surface area contributed by atoms with Gasteiger partial charge in [-0.3, -0.25) is 4.79 Å². The molecule has 0 aromatic heterocycles. The molecule has 0 N–H and O–H groups in total. The van der Waals surface area contributed by atoms with Gasteiger partial charge in [0.15, 0.2) is 5.78 Å². The molecule has 0 bridgehead atoms. The van der Waals surface area contributed by atoms with Gasteiger partial charge in [0, 0.05) is 21.7 Å². The number of ketones is 1. The quantitative estimate of drug-likeness (QED) is 0.732. The van der Waals surface area contributed by atoms with Gasteiger partial charge >= 0.3 is 0 Å². The number of halogens is 3. The van der Waals surface area contributed by atoms with Crippen molar-refractivity contribution in [2.24, 2.45) is 0 Å². The minimum atomic E-state index is -0.635. The first kappa shape index (κ1) is 12.7. The lowest BCUT2D eigenvalue weighted by Gasteiger charge is -2.06. The summed E-state index contributed by atoms with van der Waals surface area (Å²) < 4.78 is 27.5. The molecule has 0 aliphatic carbocycles. The molecule has 0 spiro atoms. The van der Waals surface area contributed by atoms with Crippen LogP contribution in [0.15, 0.2) is 36.4 Å². The highest BCUT2D eigenvalue weighted by atomic mass is 35.5. The number of hydrogen-bond acceptors (Lipinski definition) is 1. The zero-order valence-corrected chi connectivity index (χ0v) is 10.3. The van der Waals surface area contributed by atoms with Crippen LogP contribution in [0.1, 0.15) is 17.3 Å². The van der Waals surface area contributed by atoms with Crippen molar-refractivity contribution in [1.82, 2.24) is 0 Å². The van der Waals surface area contributed by atoms with Crippen molar-refractivity contribution < 1.29 is 13.6 Å². The van der Waals surface area contributed by atoms with Gasteiger partial charge in [-0.15, -0.1) is 0 Å². The summed E-state index contributed by atoms with van der Waals surface area (Å²) in [5, 5.41) is 0.247. The molecule has 0 atom stereocenters. The molecule has 18 heavy (non-hydrogen) atoms. The highest BCUT2D eigenvalue weighted by Gasteiger charge is 2.12. The van der Waals surface area contributed by atoms with Gasteiger partial charge in [0.05, 0.1) is 0 Å². The third-order valence-corrected chi connectivity index (χ3v) is 2.83. The summed E-state index contributed by atoms with van der Waals surface area (Å²) in [6.07, 6.45) is 0. The molecule has 0 saturated heterocycles. The number of carbonyl (C=O) groups is 1. The fraction of sp³-hybridized carbons (Fsp3) is 0.0714. The van der Waals surface area contributed by atoms with E-state index in [1.807, 2.05) is 0 Å². The number of benzene rings is 2. The van der Waals surface area contributed by atoms with Crippen LogP contribution >= 0.6 is 11.6 Å². The van der Waals surface area contributed by atoms with Crippen LogP contribution in [-0.4, -0.2) is 5.78 Å². The number of hydrogen-bond donors (Lipinski definition) is 0. The SMILES string of the molecule is CC(=O)c1ccc(-c2ccc(Cl)cc2F)c(F)c1. The molecule has 0 radical (unpaired) electrons. The van der Waals surface area contributed by atoms with Crippen molar-refractivity contribution in [3.05, 3.63) is 58.6 Å². The molecular weight excluding hydrogens is 258 g/mol. The first-order valence-electron chi connectivity index (χ1n) is 5.25. The predicted octanol–water partition coefficient (Wildman–Crippen LogP) is 4.49. The lowest BCUT2D eigenvalue weighted by Crippen LogP contribution is -1.95. The van der Waals surface area contributed by atoms with Gasteiger partial charge in [-0.2, -0.15) is 0 Å². The topological polar surface area (TPSA) is 17.1 Å². The Balaban J connectivity index is 2.54. The summed E-state index contributed by atoms with van der Waals surface area (Å²) in [6, 6.07) is 7.97. The summed E-state index contributed by atoms with van der Waals surface area (Å²) in [5.74, 6) is -1.47. The van der Waals surface area contributed by atoms with Crippen LogP contribution in [0.25, 0.3) is 11.1 Å². The molecule has 1 nitrogen and oxygen atoms in total. The highest BCUT2D eigenvalue weighted by Crippen LogP contribution is 2.28. The predicted molar refractivity (Wildman–Crippen MR) is 66.8 cm³/mol. The Kier molecular flexibility index (Phi) is 3.43. The summed E-state index contributed by atoms with van der Waals surface area (Å²) in [6.45, 7) is 1.34. The van der Waals surface area contributed by atoms with E-state index >= 15 is 0 Å². The van der Waals surface area contributed by atoms with Crippen LogP contribution in [0.2, 0.25) is 5.02 Å². The van der Waals surface area contributed by atoms with E-state index in [1.54, 1.807) is 0 Å². The second kappa shape index (κ2) is 4.86. The Hall–Kier alpha value is -1.74. The fourth-order valence-corrected chi connectivity index (χ4v) is 1.82. The van der Waals surface area contributed by atoms with Crippen LogP contribution in [0.5, 0.6) is 0 Å². The van der Waals surface area contributed by atoms with Gasteiger partial charge in [0.2, 0.25) is 0 Å². The van der Waals surface area contributed by atoms with Crippen LogP contribution in [0.4, 0.5) is 8.78 Å². The Morgan fingerprint density at radius 3 is 2.06 bits per heavy atom. The zero-order chi connectivity index (χ0) is 13.3. The third-order valence-electron chi connectivity index (χ3n) is 2.60. The van der Waals surface area contributed by atoms with E-state index in [-0.39, 0.29) is 27.5 Å².